The third-order valence-corrected chi connectivity index (χ3v) is 3.89. The Morgan fingerprint density at radius 1 is 1.05 bits per heavy atom. The topological polar surface area (TPSA) is 59.1 Å². The van der Waals surface area contributed by atoms with Gasteiger partial charge in [-0.15, -0.1) is 0 Å². The highest BCUT2D eigenvalue weighted by molar-refractivity contribution is 7.97. The second-order valence-electron chi connectivity index (χ2n) is 4.56. The highest BCUT2D eigenvalue weighted by Gasteiger charge is 2.05. The summed E-state index contributed by atoms with van der Waals surface area (Å²) >= 11 is 1.58. The molecule has 1 heterocycles. The molecular weight excluding hydrogens is 296 g/mol. The Labute approximate surface area is 133 Å². The van der Waals surface area contributed by atoms with Crippen molar-refractivity contribution < 1.29 is 4.74 Å². The van der Waals surface area contributed by atoms with Crippen LogP contribution in [0.5, 0.6) is 5.75 Å². The number of anilines is 2. The Kier molecular flexibility index (Phi) is 4.41. The maximum atomic E-state index is 5.23. The van der Waals surface area contributed by atoms with Gasteiger partial charge in [-0.05, 0) is 55.4 Å². The van der Waals surface area contributed by atoms with Gasteiger partial charge < -0.3 is 10.1 Å². The summed E-state index contributed by atoms with van der Waals surface area (Å²) in [5.41, 5.74) is 1.83. The molecule has 2 aromatic carbocycles. The average molecular weight is 312 g/mol. The summed E-state index contributed by atoms with van der Waals surface area (Å²) in [7, 11) is 3.55. The van der Waals surface area contributed by atoms with Gasteiger partial charge in [0.2, 0.25) is 0 Å². The Morgan fingerprint density at radius 3 is 2.59 bits per heavy atom. The zero-order valence-electron chi connectivity index (χ0n) is 12.3. The van der Waals surface area contributed by atoms with E-state index in [1.54, 1.807) is 25.4 Å². The van der Waals surface area contributed by atoms with Crippen molar-refractivity contribution in [2.75, 3.05) is 19.5 Å². The number of methoxy groups -OCH3 is 1. The molecule has 6 heteroatoms. The van der Waals surface area contributed by atoms with Crippen molar-refractivity contribution >= 4 is 34.4 Å². The van der Waals surface area contributed by atoms with Crippen LogP contribution in [0.3, 0.4) is 0 Å². The Morgan fingerprint density at radius 2 is 1.86 bits per heavy atom. The highest BCUT2D eigenvalue weighted by Crippen LogP contribution is 2.26. The first kappa shape index (κ1) is 14.6. The van der Waals surface area contributed by atoms with Crippen LogP contribution >= 0.6 is 11.9 Å². The van der Waals surface area contributed by atoms with E-state index in [2.05, 4.69) is 32.1 Å². The molecule has 0 amide bonds. The molecule has 0 fully saturated rings. The van der Waals surface area contributed by atoms with Gasteiger partial charge in [-0.3, -0.25) is 4.72 Å². The molecule has 0 aliphatic rings. The summed E-state index contributed by atoms with van der Waals surface area (Å²) < 4.78 is 8.28. The number of hydrogen-bond acceptors (Lipinski definition) is 6. The molecule has 0 unspecified atom stereocenters. The van der Waals surface area contributed by atoms with E-state index in [9.17, 15) is 0 Å². The van der Waals surface area contributed by atoms with Gasteiger partial charge in [-0.25, -0.2) is 9.97 Å². The maximum absolute atomic E-state index is 5.23. The Balaban J connectivity index is 1.90. The van der Waals surface area contributed by atoms with E-state index in [1.807, 2.05) is 37.4 Å². The third-order valence-electron chi connectivity index (χ3n) is 3.18. The first-order valence-corrected chi connectivity index (χ1v) is 7.61. The lowest BCUT2D eigenvalue weighted by Crippen LogP contribution is -1.96. The van der Waals surface area contributed by atoms with E-state index in [1.165, 1.54) is 0 Å². The van der Waals surface area contributed by atoms with E-state index in [0.29, 0.717) is 0 Å². The maximum Gasteiger partial charge on any atom is 0.141 e. The predicted molar refractivity (Wildman–Crippen MR) is 90.7 cm³/mol. The molecule has 0 saturated carbocycles. The minimum atomic E-state index is 0.779. The summed E-state index contributed by atoms with van der Waals surface area (Å²) in [6.07, 6.45) is 1.55. The van der Waals surface area contributed by atoms with Crippen LogP contribution in [-0.4, -0.2) is 24.1 Å². The summed E-state index contributed by atoms with van der Waals surface area (Å²) in [4.78, 5) is 9.78. The molecule has 3 rings (SSSR count). The first-order chi connectivity index (χ1) is 10.8. The van der Waals surface area contributed by atoms with E-state index in [0.717, 1.165) is 33.1 Å². The second kappa shape index (κ2) is 6.64. The summed E-state index contributed by atoms with van der Waals surface area (Å²) in [5, 5.41) is 4.29. The number of nitrogens with zero attached hydrogens (tertiary/aromatic N) is 2. The monoisotopic (exact) mass is 312 g/mol. The third kappa shape index (κ3) is 3.13. The summed E-state index contributed by atoms with van der Waals surface area (Å²) in [5.74, 6) is 1.56. The van der Waals surface area contributed by atoms with Gasteiger partial charge in [0.05, 0.1) is 12.6 Å². The number of fused-ring (bicyclic) bond motifs is 1. The van der Waals surface area contributed by atoms with Crippen molar-refractivity contribution in [2.24, 2.45) is 0 Å². The van der Waals surface area contributed by atoms with Crippen LogP contribution in [0.25, 0.3) is 10.9 Å². The fourth-order valence-corrected chi connectivity index (χ4v) is 2.63. The van der Waals surface area contributed by atoms with Crippen LogP contribution in [-0.2, 0) is 0 Å². The molecule has 2 N–H and O–H groups in total. The number of rotatable bonds is 5. The van der Waals surface area contributed by atoms with Gasteiger partial charge in [0, 0.05) is 22.0 Å². The quantitative estimate of drug-likeness (QED) is 0.702. The van der Waals surface area contributed by atoms with Crippen LogP contribution < -0.4 is 14.8 Å². The minimum Gasteiger partial charge on any atom is -0.497 e. The lowest BCUT2D eigenvalue weighted by atomic mass is 10.2. The molecule has 112 valence electrons. The molecule has 0 aliphatic heterocycles. The predicted octanol–water partition coefficient (Wildman–Crippen LogP) is 3.61. The second-order valence-corrected chi connectivity index (χ2v) is 5.64. The van der Waals surface area contributed by atoms with Crippen LogP contribution in [0, 0.1) is 0 Å². The minimum absolute atomic E-state index is 0.779. The lowest BCUT2D eigenvalue weighted by Gasteiger charge is -2.09. The van der Waals surface area contributed by atoms with Gasteiger partial charge in [0.25, 0.3) is 0 Å². The van der Waals surface area contributed by atoms with Gasteiger partial charge in [0.15, 0.2) is 0 Å². The van der Waals surface area contributed by atoms with E-state index in [-0.39, 0.29) is 0 Å². The number of aromatic nitrogens is 2. The van der Waals surface area contributed by atoms with Crippen molar-refractivity contribution in [1.82, 2.24) is 14.7 Å². The molecule has 5 nitrogen and oxygen atoms in total. The molecule has 1 aromatic heterocycles. The molecule has 22 heavy (non-hydrogen) atoms. The van der Waals surface area contributed by atoms with E-state index >= 15 is 0 Å². The van der Waals surface area contributed by atoms with Gasteiger partial charge in [-0.1, -0.05) is 0 Å². The fourth-order valence-electron chi connectivity index (χ4n) is 2.12. The molecular formula is C16H16N4OS. The van der Waals surface area contributed by atoms with E-state index < -0.39 is 0 Å². The van der Waals surface area contributed by atoms with E-state index in [4.69, 9.17) is 4.74 Å². The standard InChI is InChI=1S/C16H16N4OS/c1-17-22-13-6-3-11(4-7-13)20-16-14-8-5-12(21-2)9-15(14)18-10-19-16/h3-10,17H,1-2H3,(H,18,19,20). The fraction of sp³-hybridized carbons (Fsp3) is 0.125. The first-order valence-electron chi connectivity index (χ1n) is 6.79. The van der Waals surface area contributed by atoms with Crippen LogP contribution in [0.4, 0.5) is 11.5 Å². The van der Waals surface area contributed by atoms with Crippen molar-refractivity contribution in [2.45, 2.75) is 4.90 Å². The van der Waals surface area contributed by atoms with Crippen LogP contribution in [0.2, 0.25) is 0 Å². The summed E-state index contributed by atoms with van der Waals surface area (Å²) in [6.45, 7) is 0. The molecule has 0 saturated heterocycles. The molecule has 3 aromatic rings. The molecule has 0 bridgehead atoms. The zero-order valence-corrected chi connectivity index (χ0v) is 13.1. The largest absolute Gasteiger partial charge is 0.497 e. The van der Waals surface area contributed by atoms with Crippen molar-refractivity contribution in [1.29, 1.82) is 0 Å². The number of nitrogens with one attached hydrogen (secondary N) is 2. The number of ether oxygens (including phenoxy) is 1. The van der Waals surface area contributed by atoms with Crippen molar-refractivity contribution in [3.63, 3.8) is 0 Å². The summed E-state index contributed by atoms with van der Waals surface area (Å²) in [6, 6.07) is 13.9. The highest BCUT2D eigenvalue weighted by atomic mass is 32.2. The SMILES string of the molecule is CNSc1ccc(Nc2ncnc3cc(OC)ccc23)cc1. The van der Waals surface area contributed by atoms with Crippen molar-refractivity contribution in [3.05, 3.63) is 48.8 Å². The number of hydrogen-bond donors (Lipinski definition) is 2. The van der Waals surface area contributed by atoms with Gasteiger partial charge in [-0.2, -0.15) is 0 Å². The van der Waals surface area contributed by atoms with Crippen molar-refractivity contribution in [3.8, 4) is 5.75 Å². The Hall–Kier alpha value is -2.31. The normalized spacial score (nSPS) is 10.6. The van der Waals surface area contributed by atoms with Crippen LogP contribution in [0.1, 0.15) is 0 Å². The van der Waals surface area contributed by atoms with Gasteiger partial charge >= 0.3 is 0 Å². The molecule has 0 aliphatic carbocycles. The lowest BCUT2D eigenvalue weighted by molar-refractivity contribution is 0.415. The molecule has 0 atom stereocenters. The molecule has 0 spiro atoms. The average Bonchev–Trinajstić information content (AvgIpc) is 2.56. The number of benzene rings is 2. The smallest absolute Gasteiger partial charge is 0.141 e. The van der Waals surface area contributed by atoms with Gasteiger partial charge in [0.1, 0.15) is 17.9 Å². The zero-order chi connectivity index (χ0) is 15.4. The van der Waals surface area contributed by atoms with Crippen LogP contribution in [0.15, 0.2) is 53.7 Å². The Bertz CT molecular complexity index is 777. The molecule has 0 radical (unpaired) electrons.